The predicted octanol–water partition coefficient (Wildman–Crippen LogP) is 4.45. The van der Waals surface area contributed by atoms with Crippen molar-refractivity contribution in [2.45, 2.75) is 31.8 Å². The van der Waals surface area contributed by atoms with Crippen molar-refractivity contribution in [1.82, 2.24) is 4.90 Å². The molecule has 0 aliphatic heterocycles. The summed E-state index contributed by atoms with van der Waals surface area (Å²) in [6.45, 7) is 3.03. The molecule has 0 spiro atoms. The van der Waals surface area contributed by atoms with Gasteiger partial charge in [-0.1, -0.05) is 79.9 Å². The topological polar surface area (TPSA) is 3.24 Å². The second-order valence-corrected chi connectivity index (χ2v) is 5.46. The van der Waals surface area contributed by atoms with Crippen LogP contribution in [0.3, 0.4) is 0 Å². The predicted molar refractivity (Wildman–Crippen MR) is 89.8 cm³/mol. The maximum atomic E-state index is 5.99. The van der Waals surface area contributed by atoms with E-state index in [-0.39, 0.29) is 5.54 Å². The minimum absolute atomic E-state index is 0.341. The van der Waals surface area contributed by atoms with Gasteiger partial charge in [0.1, 0.15) is 5.54 Å². The van der Waals surface area contributed by atoms with Crippen LogP contribution in [-0.2, 0) is 12.1 Å². The molecule has 0 fully saturated rings. The lowest BCUT2D eigenvalue weighted by molar-refractivity contribution is 0.156. The monoisotopic (exact) mass is 277 g/mol. The van der Waals surface area contributed by atoms with Crippen LogP contribution in [-0.4, -0.2) is 11.9 Å². The maximum Gasteiger partial charge on any atom is 0.108 e. The van der Waals surface area contributed by atoms with E-state index in [0.29, 0.717) is 0 Å². The molecule has 21 heavy (non-hydrogen) atoms. The number of rotatable bonds is 6. The van der Waals surface area contributed by atoms with Crippen molar-refractivity contribution in [3.05, 3.63) is 71.8 Å². The zero-order valence-corrected chi connectivity index (χ0v) is 12.9. The highest BCUT2D eigenvalue weighted by atomic mass is 15.2. The third-order valence-electron chi connectivity index (χ3n) is 4.02. The molecular formula is C20H23N. The highest BCUT2D eigenvalue weighted by Gasteiger charge is 2.33. The van der Waals surface area contributed by atoms with E-state index < -0.39 is 0 Å². The van der Waals surface area contributed by atoms with Crippen LogP contribution in [0.25, 0.3) is 0 Å². The minimum atomic E-state index is -0.341. The summed E-state index contributed by atoms with van der Waals surface area (Å²) < 4.78 is 0. The average molecular weight is 277 g/mol. The van der Waals surface area contributed by atoms with Crippen LogP contribution >= 0.6 is 0 Å². The van der Waals surface area contributed by atoms with Crippen molar-refractivity contribution in [2.24, 2.45) is 0 Å². The first-order valence-corrected chi connectivity index (χ1v) is 7.51. The van der Waals surface area contributed by atoms with Crippen LogP contribution in [0.1, 0.15) is 30.9 Å². The van der Waals surface area contributed by atoms with Gasteiger partial charge in [-0.25, -0.2) is 0 Å². The fraction of sp³-hybridized carbons (Fsp3) is 0.300. The maximum absolute atomic E-state index is 5.99. The van der Waals surface area contributed by atoms with Gasteiger partial charge in [0, 0.05) is 6.54 Å². The Labute approximate surface area is 128 Å². The summed E-state index contributed by atoms with van der Waals surface area (Å²) in [5, 5.41) is 0. The Kier molecular flexibility index (Phi) is 5.20. The molecule has 0 aliphatic carbocycles. The van der Waals surface area contributed by atoms with Crippen LogP contribution < -0.4 is 0 Å². The Hall–Kier alpha value is -2.04. The highest BCUT2D eigenvalue weighted by Crippen LogP contribution is 2.33. The Morgan fingerprint density at radius 1 is 1.00 bits per heavy atom. The van der Waals surface area contributed by atoms with Crippen molar-refractivity contribution in [3.63, 3.8) is 0 Å². The zero-order chi connectivity index (χ0) is 15.1. The summed E-state index contributed by atoms with van der Waals surface area (Å²) in [6, 6.07) is 20.9. The molecule has 2 aromatic rings. The van der Waals surface area contributed by atoms with E-state index >= 15 is 0 Å². The van der Waals surface area contributed by atoms with Crippen molar-refractivity contribution < 1.29 is 0 Å². The van der Waals surface area contributed by atoms with Gasteiger partial charge in [0.2, 0.25) is 0 Å². The van der Waals surface area contributed by atoms with Crippen molar-refractivity contribution >= 4 is 0 Å². The number of hydrogen-bond acceptors (Lipinski definition) is 1. The minimum Gasteiger partial charge on any atom is -0.282 e. The van der Waals surface area contributed by atoms with E-state index in [4.69, 9.17) is 6.42 Å². The Bertz CT molecular complexity index is 582. The van der Waals surface area contributed by atoms with E-state index in [2.05, 4.69) is 73.3 Å². The van der Waals surface area contributed by atoms with E-state index in [1.165, 1.54) is 11.1 Å². The molecule has 1 heteroatoms. The highest BCUT2D eigenvalue weighted by molar-refractivity contribution is 5.33. The van der Waals surface area contributed by atoms with Gasteiger partial charge < -0.3 is 0 Å². The summed E-state index contributed by atoms with van der Waals surface area (Å²) in [4.78, 5) is 2.29. The lowest BCUT2D eigenvalue weighted by Crippen LogP contribution is -2.42. The molecule has 0 radical (unpaired) electrons. The third-order valence-corrected chi connectivity index (χ3v) is 4.02. The molecule has 2 rings (SSSR count). The molecule has 0 amide bonds. The summed E-state index contributed by atoms with van der Waals surface area (Å²) in [5.74, 6) is 3.08. The molecule has 0 aliphatic rings. The quantitative estimate of drug-likeness (QED) is 0.705. The van der Waals surface area contributed by atoms with Gasteiger partial charge in [-0.2, -0.15) is 0 Å². The molecule has 1 unspecified atom stereocenters. The molecule has 0 bridgehead atoms. The van der Waals surface area contributed by atoms with Gasteiger partial charge >= 0.3 is 0 Å². The smallest absolute Gasteiger partial charge is 0.108 e. The molecular weight excluding hydrogens is 254 g/mol. The molecule has 0 heterocycles. The molecule has 1 nitrogen and oxygen atoms in total. The number of nitrogens with zero attached hydrogens (tertiary/aromatic N) is 1. The van der Waals surface area contributed by atoms with Gasteiger partial charge in [0.25, 0.3) is 0 Å². The van der Waals surface area contributed by atoms with Crippen molar-refractivity contribution in [2.75, 3.05) is 7.05 Å². The first-order chi connectivity index (χ1) is 10.2. The Balaban J connectivity index is 2.34. The SMILES string of the molecule is C#CC(CCC)(c1ccccc1)N(C)Cc1ccccc1. The number of terminal acetylenes is 1. The fourth-order valence-corrected chi connectivity index (χ4v) is 2.89. The van der Waals surface area contributed by atoms with Gasteiger partial charge in [-0.05, 0) is 24.6 Å². The van der Waals surface area contributed by atoms with Crippen LogP contribution in [0.15, 0.2) is 60.7 Å². The van der Waals surface area contributed by atoms with Gasteiger partial charge in [0.05, 0.1) is 0 Å². The van der Waals surface area contributed by atoms with Crippen molar-refractivity contribution in [1.29, 1.82) is 0 Å². The Morgan fingerprint density at radius 2 is 1.57 bits per heavy atom. The van der Waals surface area contributed by atoms with E-state index in [1.807, 2.05) is 12.1 Å². The summed E-state index contributed by atoms with van der Waals surface area (Å²) in [5.41, 5.74) is 2.14. The molecule has 2 aromatic carbocycles. The fourth-order valence-electron chi connectivity index (χ4n) is 2.89. The third kappa shape index (κ3) is 3.35. The lowest BCUT2D eigenvalue weighted by Gasteiger charge is -2.38. The largest absolute Gasteiger partial charge is 0.282 e. The molecule has 108 valence electrons. The lowest BCUT2D eigenvalue weighted by atomic mass is 9.84. The van der Waals surface area contributed by atoms with Crippen LogP contribution in [0.2, 0.25) is 0 Å². The molecule has 0 aromatic heterocycles. The molecule has 0 N–H and O–H groups in total. The first kappa shape index (κ1) is 15.4. The van der Waals surface area contributed by atoms with E-state index in [1.54, 1.807) is 0 Å². The molecule has 1 atom stereocenters. The average Bonchev–Trinajstić information content (AvgIpc) is 2.54. The van der Waals surface area contributed by atoms with Gasteiger partial charge in [-0.3, -0.25) is 4.90 Å². The van der Waals surface area contributed by atoms with Gasteiger partial charge in [-0.15, -0.1) is 6.42 Å². The van der Waals surface area contributed by atoms with Crippen LogP contribution in [0.4, 0.5) is 0 Å². The number of hydrogen-bond donors (Lipinski definition) is 0. The van der Waals surface area contributed by atoms with Crippen molar-refractivity contribution in [3.8, 4) is 12.3 Å². The molecule has 0 saturated heterocycles. The van der Waals surface area contributed by atoms with Crippen LogP contribution in [0.5, 0.6) is 0 Å². The zero-order valence-electron chi connectivity index (χ0n) is 12.9. The Morgan fingerprint density at radius 3 is 2.10 bits per heavy atom. The summed E-state index contributed by atoms with van der Waals surface area (Å²) in [6.07, 6.45) is 8.00. The first-order valence-electron chi connectivity index (χ1n) is 7.51. The molecule has 0 saturated carbocycles. The van der Waals surface area contributed by atoms with Gasteiger partial charge in [0.15, 0.2) is 0 Å². The number of benzene rings is 2. The normalized spacial score (nSPS) is 13.6. The second kappa shape index (κ2) is 7.11. The summed E-state index contributed by atoms with van der Waals surface area (Å²) in [7, 11) is 2.12. The van der Waals surface area contributed by atoms with E-state index in [9.17, 15) is 0 Å². The second-order valence-electron chi connectivity index (χ2n) is 5.46. The standard InChI is InChI=1S/C20H23N/c1-4-16-20(5-2,19-14-10-7-11-15-19)21(3)17-18-12-8-6-9-13-18/h2,6-15H,4,16-17H2,1,3H3. The summed E-state index contributed by atoms with van der Waals surface area (Å²) >= 11 is 0. The van der Waals surface area contributed by atoms with Crippen LogP contribution in [0, 0.1) is 12.3 Å². The van der Waals surface area contributed by atoms with E-state index in [0.717, 1.165) is 19.4 Å².